The standard InChI is InChI=1S/C11H18N2/c1-3-4-5-9-6-8(2)10(12)7-11(9)13/h6-7H,3-5,12-13H2,1-2H3. The van der Waals surface area contributed by atoms with Crippen LogP contribution in [0.2, 0.25) is 0 Å². The maximum absolute atomic E-state index is 5.85. The molecule has 0 radical (unpaired) electrons. The van der Waals surface area contributed by atoms with Gasteiger partial charge in [-0.3, -0.25) is 0 Å². The molecule has 2 nitrogen and oxygen atoms in total. The number of hydrogen-bond acceptors (Lipinski definition) is 2. The molecular formula is C11H18N2. The molecule has 0 aliphatic heterocycles. The SMILES string of the molecule is CCCCc1cc(C)c(N)cc1N. The summed E-state index contributed by atoms with van der Waals surface area (Å²) in [6, 6.07) is 3.96. The van der Waals surface area contributed by atoms with Crippen molar-refractivity contribution in [3.05, 3.63) is 23.3 Å². The molecule has 1 rings (SSSR count). The lowest BCUT2D eigenvalue weighted by molar-refractivity contribution is 0.796. The Balaban J connectivity index is 2.88. The van der Waals surface area contributed by atoms with Crippen LogP contribution in [0.4, 0.5) is 11.4 Å². The molecule has 0 bridgehead atoms. The molecule has 0 unspecified atom stereocenters. The second kappa shape index (κ2) is 4.17. The zero-order valence-corrected chi connectivity index (χ0v) is 8.43. The molecule has 0 fully saturated rings. The molecule has 4 N–H and O–H groups in total. The van der Waals surface area contributed by atoms with Crippen molar-refractivity contribution in [2.75, 3.05) is 11.5 Å². The highest BCUT2D eigenvalue weighted by Gasteiger charge is 2.01. The Morgan fingerprint density at radius 1 is 1.15 bits per heavy atom. The normalized spacial score (nSPS) is 10.3. The van der Waals surface area contributed by atoms with Crippen molar-refractivity contribution in [3.8, 4) is 0 Å². The monoisotopic (exact) mass is 178 g/mol. The van der Waals surface area contributed by atoms with Crippen LogP contribution in [0, 0.1) is 6.92 Å². The molecule has 0 aliphatic carbocycles. The fourth-order valence-electron chi connectivity index (χ4n) is 1.39. The Morgan fingerprint density at radius 2 is 1.85 bits per heavy atom. The first-order chi connectivity index (χ1) is 6.15. The summed E-state index contributed by atoms with van der Waals surface area (Å²) in [6.07, 6.45) is 3.44. The molecule has 0 heterocycles. The summed E-state index contributed by atoms with van der Waals surface area (Å²) in [5.74, 6) is 0. The molecule has 72 valence electrons. The zero-order chi connectivity index (χ0) is 9.84. The highest BCUT2D eigenvalue weighted by atomic mass is 14.6. The van der Waals surface area contributed by atoms with Crippen LogP contribution in [0.5, 0.6) is 0 Å². The largest absolute Gasteiger partial charge is 0.398 e. The summed E-state index contributed by atoms with van der Waals surface area (Å²) in [5, 5.41) is 0. The third-order valence-corrected chi connectivity index (χ3v) is 2.33. The summed E-state index contributed by atoms with van der Waals surface area (Å²) >= 11 is 0. The van der Waals surface area contributed by atoms with E-state index in [1.165, 1.54) is 18.4 Å². The minimum atomic E-state index is 0.790. The lowest BCUT2D eigenvalue weighted by atomic mass is 10.0. The first-order valence-corrected chi connectivity index (χ1v) is 4.79. The average molecular weight is 178 g/mol. The Bertz CT molecular complexity index is 292. The number of nitrogen functional groups attached to an aromatic ring is 2. The molecule has 1 aromatic rings. The number of benzene rings is 1. The smallest absolute Gasteiger partial charge is 0.0367 e. The molecule has 0 aliphatic rings. The third-order valence-electron chi connectivity index (χ3n) is 2.33. The molecule has 0 spiro atoms. The second-order valence-electron chi connectivity index (χ2n) is 3.51. The minimum Gasteiger partial charge on any atom is -0.398 e. The van der Waals surface area contributed by atoms with Gasteiger partial charge in [-0.25, -0.2) is 0 Å². The van der Waals surface area contributed by atoms with Gasteiger partial charge in [-0.15, -0.1) is 0 Å². The van der Waals surface area contributed by atoms with Gasteiger partial charge in [-0.05, 0) is 37.0 Å². The van der Waals surface area contributed by atoms with Gasteiger partial charge in [-0.1, -0.05) is 19.4 Å². The van der Waals surface area contributed by atoms with Gasteiger partial charge < -0.3 is 11.5 Å². The molecule has 0 saturated heterocycles. The molecule has 1 aromatic carbocycles. The lowest BCUT2D eigenvalue weighted by Crippen LogP contribution is -1.99. The van der Waals surface area contributed by atoms with Gasteiger partial charge in [0.05, 0.1) is 0 Å². The number of unbranched alkanes of at least 4 members (excludes halogenated alkanes) is 1. The van der Waals surface area contributed by atoms with E-state index in [-0.39, 0.29) is 0 Å². The first kappa shape index (κ1) is 9.90. The van der Waals surface area contributed by atoms with E-state index in [1.807, 2.05) is 13.0 Å². The maximum Gasteiger partial charge on any atom is 0.0367 e. The number of aryl methyl sites for hydroxylation is 2. The van der Waals surface area contributed by atoms with Gasteiger partial charge in [0, 0.05) is 11.4 Å². The second-order valence-corrected chi connectivity index (χ2v) is 3.51. The van der Waals surface area contributed by atoms with E-state index in [2.05, 4.69) is 13.0 Å². The van der Waals surface area contributed by atoms with Crippen molar-refractivity contribution < 1.29 is 0 Å². The third kappa shape index (κ3) is 2.38. The predicted octanol–water partition coefficient (Wildman–Crippen LogP) is 2.50. The van der Waals surface area contributed by atoms with E-state index in [4.69, 9.17) is 11.5 Å². The van der Waals surface area contributed by atoms with Gasteiger partial charge in [0.15, 0.2) is 0 Å². The van der Waals surface area contributed by atoms with E-state index < -0.39 is 0 Å². The van der Waals surface area contributed by atoms with Crippen LogP contribution in [0.3, 0.4) is 0 Å². The minimum absolute atomic E-state index is 0.790. The van der Waals surface area contributed by atoms with Crippen LogP contribution in [0.1, 0.15) is 30.9 Å². The maximum atomic E-state index is 5.85. The molecular weight excluding hydrogens is 160 g/mol. The van der Waals surface area contributed by atoms with E-state index in [0.29, 0.717) is 0 Å². The fourth-order valence-corrected chi connectivity index (χ4v) is 1.39. The van der Waals surface area contributed by atoms with Crippen LogP contribution >= 0.6 is 0 Å². The van der Waals surface area contributed by atoms with Crippen LogP contribution in [0.25, 0.3) is 0 Å². The summed E-state index contributed by atoms with van der Waals surface area (Å²) in [5.41, 5.74) is 15.6. The lowest BCUT2D eigenvalue weighted by Gasteiger charge is -2.08. The number of nitrogens with two attached hydrogens (primary N) is 2. The van der Waals surface area contributed by atoms with E-state index in [9.17, 15) is 0 Å². The zero-order valence-electron chi connectivity index (χ0n) is 8.43. The van der Waals surface area contributed by atoms with Crippen LogP contribution < -0.4 is 11.5 Å². The van der Waals surface area contributed by atoms with E-state index >= 15 is 0 Å². The topological polar surface area (TPSA) is 52.0 Å². The first-order valence-electron chi connectivity index (χ1n) is 4.79. The van der Waals surface area contributed by atoms with Gasteiger partial charge in [-0.2, -0.15) is 0 Å². The number of hydrogen-bond donors (Lipinski definition) is 2. The Hall–Kier alpha value is -1.18. The van der Waals surface area contributed by atoms with Crippen molar-refractivity contribution in [1.29, 1.82) is 0 Å². The van der Waals surface area contributed by atoms with E-state index in [1.54, 1.807) is 0 Å². The molecule has 0 saturated carbocycles. The quantitative estimate of drug-likeness (QED) is 0.699. The van der Waals surface area contributed by atoms with Crippen molar-refractivity contribution in [2.45, 2.75) is 33.1 Å². The van der Waals surface area contributed by atoms with Crippen LogP contribution in [-0.2, 0) is 6.42 Å². The summed E-state index contributed by atoms with van der Waals surface area (Å²) in [6.45, 7) is 4.20. The molecule has 13 heavy (non-hydrogen) atoms. The molecule has 0 atom stereocenters. The average Bonchev–Trinajstić information content (AvgIpc) is 2.09. The van der Waals surface area contributed by atoms with Crippen LogP contribution in [-0.4, -0.2) is 0 Å². The van der Waals surface area contributed by atoms with Crippen molar-refractivity contribution in [3.63, 3.8) is 0 Å². The molecule has 2 heteroatoms. The predicted molar refractivity (Wildman–Crippen MR) is 58.6 cm³/mol. The highest BCUT2D eigenvalue weighted by molar-refractivity contribution is 5.60. The molecule has 0 aromatic heterocycles. The van der Waals surface area contributed by atoms with E-state index in [0.717, 1.165) is 23.4 Å². The van der Waals surface area contributed by atoms with Gasteiger partial charge >= 0.3 is 0 Å². The Kier molecular flexibility index (Phi) is 3.18. The van der Waals surface area contributed by atoms with Gasteiger partial charge in [0.2, 0.25) is 0 Å². The van der Waals surface area contributed by atoms with Gasteiger partial charge in [0.1, 0.15) is 0 Å². The van der Waals surface area contributed by atoms with Crippen LogP contribution in [0.15, 0.2) is 12.1 Å². The van der Waals surface area contributed by atoms with Gasteiger partial charge in [0.25, 0.3) is 0 Å². The Morgan fingerprint density at radius 3 is 2.46 bits per heavy atom. The summed E-state index contributed by atoms with van der Waals surface area (Å²) in [7, 11) is 0. The van der Waals surface area contributed by atoms with Crippen molar-refractivity contribution in [1.82, 2.24) is 0 Å². The summed E-state index contributed by atoms with van der Waals surface area (Å²) in [4.78, 5) is 0. The Labute approximate surface area is 79.9 Å². The van der Waals surface area contributed by atoms with Crippen molar-refractivity contribution >= 4 is 11.4 Å². The van der Waals surface area contributed by atoms with Crippen molar-refractivity contribution in [2.24, 2.45) is 0 Å². The fraction of sp³-hybridized carbons (Fsp3) is 0.455. The highest BCUT2D eigenvalue weighted by Crippen LogP contribution is 2.21. The number of rotatable bonds is 3. The molecule has 0 amide bonds. The summed E-state index contributed by atoms with van der Waals surface area (Å²) < 4.78 is 0. The number of anilines is 2.